The lowest BCUT2D eigenvalue weighted by Gasteiger charge is -2.21. The molecule has 0 aromatic heterocycles. The van der Waals surface area contributed by atoms with E-state index in [0.29, 0.717) is 11.6 Å². The minimum absolute atomic E-state index is 0.230. The Morgan fingerprint density at radius 1 is 1.22 bits per heavy atom. The van der Waals surface area contributed by atoms with Crippen LogP contribution >= 0.6 is 15.9 Å². The van der Waals surface area contributed by atoms with Crippen LogP contribution in [-0.2, 0) is 9.84 Å². The van der Waals surface area contributed by atoms with Crippen LogP contribution in [0.4, 0.5) is 5.69 Å². The zero-order valence-electron chi connectivity index (χ0n) is 10.2. The van der Waals surface area contributed by atoms with Crippen LogP contribution in [-0.4, -0.2) is 14.2 Å². The van der Waals surface area contributed by atoms with Crippen molar-refractivity contribution in [1.29, 1.82) is 0 Å². The van der Waals surface area contributed by atoms with Gasteiger partial charge in [-0.25, -0.2) is 8.42 Å². The average molecular weight is 332 g/mol. The van der Waals surface area contributed by atoms with Crippen LogP contribution < -0.4 is 5.73 Å². The number of sulfone groups is 1. The van der Waals surface area contributed by atoms with Gasteiger partial charge in [-0.15, -0.1) is 0 Å². The fourth-order valence-electron chi connectivity index (χ4n) is 2.53. The van der Waals surface area contributed by atoms with Crippen LogP contribution in [0, 0.1) is 5.92 Å². The Labute approximate surface area is 117 Å². The molecule has 3 nitrogen and oxygen atoms in total. The number of hydrogen-bond acceptors (Lipinski definition) is 3. The first-order chi connectivity index (χ1) is 8.49. The molecule has 0 amide bonds. The van der Waals surface area contributed by atoms with Crippen molar-refractivity contribution in [3.63, 3.8) is 0 Å². The van der Waals surface area contributed by atoms with Crippen LogP contribution in [0.2, 0.25) is 0 Å². The molecule has 18 heavy (non-hydrogen) atoms. The molecule has 1 aliphatic rings. The predicted molar refractivity (Wildman–Crippen MR) is 77.2 cm³/mol. The minimum atomic E-state index is -3.27. The van der Waals surface area contributed by atoms with Gasteiger partial charge in [0, 0.05) is 4.47 Å². The second kappa shape index (κ2) is 5.61. The Morgan fingerprint density at radius 3 is 2.56 bits per heavy atom. The Balaban J connectivity index is 2.21. The molecule has 2 rings (SSSR count). The maximum absolute atomic E-state index is 12.4. The maximum Gasteiger partial charge on any atom is 0.180 e. The first kappa shape index (κ1) is 13.9. The SMILES string of the molecule is Nc1ccc(Br)cc1S(=O)(=O)CC1CCCCC1. The van der Waals surface area contributed by atoms with E-state index >= 15 is 0 Å². The van der Waals surface area contributed by atoms with Crippen molar-refractivity contribution >= 4 is 31.5 Å². The summed E-state index contributed by atoms with van der Waals surface area (Å²) in [7, 11) is -3.27. The standard InChI is InChI=1S/C13H18BrNO2S/c14-11-6-7-12(15)13(8-11)18(16,17)9-10-4-2-1-3-5-10/h6-8,10H,1-5,9,15H2. The van der Waals surface area contributed by atoms with Crippen LogP contribution in [0.3, 0.4) is 0 Å². The zero-order chi connectivity index (χ0) is 13.2. The van der Waals surface area contributed by atoms with Crippen molar-refractivity contribution in [2.24, 2.45) is 5.92 Å². The normalized spacial score (nSPS) is 17.8. The van der Waals surface area contributed by atoms with Gasteiger partial charge in [0.15, 0.2) is 9.84 Å². The lowest BCUT2D eigenvalue weighted by atomic mass is 9.91. The molecule has 1 saturated carbocycles. The number of nitrogen functional groups attached to an aromatic ring is 1. The highest BCUT2D eigenvalue weighted by Crippen LogP contribution is 2.30. The molecule has 0 spiro atoms. The van der Waals surface area contributed by atoms with Gasteiger partial charge >= 0.3 is 0 Å². The summed E-state index contributed by atoms with van der Waals surface area (Å²) in [5.41, 5.74) is 6.12. The summed E-state index contributed by atoms with van der Waals surface area (Å²) >= 11 is 3.29. The Hall–Kier alpha value is -0.550. The molecule has 2 N–H and O–H groups in total. The van der Waals surface area contributed by atoms with E-state index in [9.17, 15) is 8.42 Å². The Kier molecular flexibility index (Phi) is 4.33. The summed E-state index contributed by atoms with van der Waals surface area (Å²) in [6.45, 7) is 0. The summed E-state index contributed by atoms with van der Waals surface area (Å²) in [6.07, 6.45) is 5.57. The number of halogens is 1. The number of rotatable bonds is 3. The van der Waals surface area contributed by atoms with Gasteiger partial charge in [-0.2, -0.15) is 0 Å². The molecule has 100 valence electrons. The van der Waals surface area contributed by atoms with Gasteiger partial charge in [0.1, 0.15) is 0 Å². The Morgan fingerprint density at radius 2 is 1.89 bits per heavy atom. The minimum Gasteiger partial charge on any atom is -0.398 e. The molecule has 0 atom stereocenters. The lowest BCUT2D eigenvalue weighted by Crippen LogP contribution is -2.19. The van der Waals surface area contributed by atoms with Crippen LogP contribution in [0.1, 0.15) is 32.1 Å². The molecule has 5 heteroatoms. The summed E-state index contributed by atoms with van der Waals surface area (Å²) in [5.74, 6) is 0.523. The van der Waals surface area contributed by atoms with Gasteiger partial charge in [0.2, 0.25) is 0 Å². The van der Waals surface area contributed by atoms with Gasteiger partial charge in [-0.3, -0.25) is 0 Å². The molecule has 0 bridgehead atoms. The van der Waals surface area contributed by atoms with Crippen molar-refractivity contribution in [2.45, 2.75) is 37.0 Å². The van der Waals surface area contributed by atoms with E-state index in [0.717, 1.165) is 30.2 Å². The van der Waals surface area contributed by atoms with Gasteiger partial charge in [-0.1, -0.05) is 35.2 Å². The van der Waals surface area contributed by atoms with Crippen molar-refractivity contribution in [1.82, 2.24) is 0 Å². The molecule has 1 aliphatic carbocycles. The number of benzene rings is 1. The van der Waals surface area contributed by atoms with Crippen molar-refractivity contribution in [3.8, 4) is 0 Å². The number of hydrogen-bond donors (Lipinski definition) is 1. The monoisotopic (exact) mass is 331 g/mol. The zero-order valence-corrected chi connectivity index (χ0v) is 12.6. The molecule has 1 fully saturated rings. The molecular weight excluding hydrogens is 314 g/mol. The molecule has 0 unspecified atom stereocenters. The van der Waals surface area contributed by atoms with Crippen molar-refractivity contribution < 1.29 is 8.42 Å². The molecule has 0 aliphatic heterocycles. The van der Waals surface area contributed by atoms with E-state index in [4.69, 9.17) is 5.73 Å². The third-order valence-corrected chi connectivity index (χ3v) is 5.92. The summed E-state index contributed by atoms with van der Waals surface area (Å²) in [6, 6.07) is 5.00. The van der Waals surface area contributed by atoms with Crippen LogP contribution in [0.15, 0.2) is 27.6 Å². The number of nitrogens with two attached hydrogens (primary N) is 1. The largest absolute Gasteiger partial charge is 0.398 e. The molecule has 1 aromatic rings. The third-order valence-electron chi connectivity index (χ3n) is 3.49. The van der Waals surface area contributed by atoms with E-state index in [-0.39, 0.29) is 10.6 Å². The second-order valence-corrected chi connectivity index (χ2v) is 7.89. The lowest BCUT2D eigenvalue weighted by molar-refractivity contribution is 0.385. The van der Waals surface area contributed by atoms with Crippen molar-refractivity contribution in [3.05, 3.63) is 22.7 Å². The van der Waals surface area contributed by atoms with Gasteiger partial charge in [0.25, 0.3) is 0 Å². The van der Waals surface area contributed by atoms with E-state index in [1.54, 1.807) is 18.2 Å². The molecule has 0 saturated heterocycles. The summed E-state index contributed by atoms with van der Waals surface area (Å²) in [5, 5.41) is 0. The molecule has 1 aromatic carbocycles. The summed E-state index contributed by atoms with van der Waals surface area (Å²) < 4.78 is 25.5. The van der Waals surface area contributed by atoms with E-state index in [1.165, 1.54) is 6.42 Å². The van der Waals surface area contributed by atoms with Crippen molar-refractivity contribution in [2.75, 3.05) is 11.5 Å². The third kappa shape index (κ3) is 3.26. The highest BCUT2D eigenvalue weighted by molar-refractivity contribution is 9.10. The highest BCUT2D eigenvalue weighted by Gasteiger charge is 2.24. The molecule has 0 radical (unpaired) electrons. The quantitative estimate of drug-likeness (QED) is 0.863. The van der Waals surface area contributed by atoms with Gasteiger partial charge in [0.05, 0.1) is 16.3 Å². The second-order valence-electron chi connectivity index (χ2n) is 4.97. The molecule has 0 heterocycles. The van der Waals surface area contributed by atoms with Crippen LogP contribution in [0.25, 0.3) is 0 Å². The highest BCUT2D eigenvalue weighted by atomic mass is 79.9. The molecular formula is C13H18BrNO2S. The number of anilines is 1. The van der Waals surface area contributed by atoms with E-state index in [2.05, 4.69) is 15.9 Å². The first-order valence-corrected chi connectivity index (χ1v) is 8.71. The fraction of sp³-hybridized carbons (Fsp3) is 0.538. The smallest absolute Gasteiger partial charge is 0.180 e. The Bertz CT molecular complexity index is 522. The van der Waals surface area contributed by atoms with Crippen LogP contribution in [0.5, 0.6) is 0 Å². The van der Waals surface area contributed by atoms with Gasteiger partial charge < -0.3 is 5.73 Å². The predicted octanol–water partition coefficient (Wildman–Crippen LogP) is 3.39. The van der Waals surface area contributed by atoms with E-state index < -0.39 is 9.84 Å². The topological polar surface area (TPSA) is 60.2 Å². The maximum atomic E-state index is 12.4. The summed E-state index contributed by atoms with van der Waals surface area (Å²) in [4.78, 5) is 0.266. The average Bonchev–Trinajstić information content (AvgIpc) is 2.33. The van der Waals surface area contributed by atoms with E-state index in [1.807, 2.05) is 0 Å². The fourth-order valence-corrected chi connectivity index (χ4v) is 4.91. The first-order valence-electron chi connectivity index (χ1n) is 6.27. The van der Waals surface area contributed by atoms with Gasteiger partial charge in [-0.05, 0) is 37.0 Å².